The minimum atomic E-state index is 0.166. The van der Waals surface area contributed by atoms with E-state index in [0.717, 1.165) is 31.8 Å². The number of nitrogens with one attached hydrogen (secondary N) is 1. The van der Waals surface area contributed by atoms with Gasteiger partial charge in [-0.25, -0.2) is 9.97 Å². The lowest BCUT2D eigenvalue weighted by Gasteiger charge is -2.22. The molecule has 1 unspecified atom stereocenters. The number of nitrogens with zero attached hydrogens (tertiary/aromatic N) is 2. The molecule has 1 aliphatic rings. The summed E-state index contributed by atoms with van der Waals surface area (Å²) in [5.74, 6) is 1.37. The van der Waals surface area contributed by atoms with Crippen LogP contribution in [0.15, 0.2) is 0 Å². The number of ether oxygens (including phenoxy) is 1. The van der Waals surface area contributed by atoms with Gasteiger partial charge in [0.2, 0.25) is 0 Å². The zero-order valence-electron chi connectivity index (χ0n) is 11.8. The summed E-state index contributed by atoms with van der Waals surface area (Å²) in [4.78, 5) is 9.45. The van der Waals surface area contributed by atoms with Gasteiger partial charge >= 0.3 is 0 Å². The molecule has 0 spiro atoms. The van der Waals surface area contributed by atoms with Crippen molar-refractivity contribution in [3.05, 3.63) is 22.8 Å². The van der Waals surface area contributed by atoms with Crippen LogP contribution in [0.25, 0.3) is 0 Å². The van der Waals surface area contributed by atoms with Gasteiger partial charge in [0.1, 0.15) is 5.82 Å². The molecule has 2 rings (SSSR count). The SMILES string of the molecule is COC(C)Cc1nc2c(c(C(C)C)n1)CCNC2. The largest absolute Gasteiger partial charge is 0.381 e. The Hall–Kier alpha value is -1.00. The number of rotatable bonds is 4. The zero-order valence-corrected chi connectivity index (χ0v) is 11.8. The minimum absolute atomic E-state index is 0.166. The van der Waals surface area contributed by atoms with Crippen LogP contribution in [0.1, 0.15) is 49.5 Å². The standard InChI is InChI=1S/C14H23N3O/c1-9(2)14-11-5-6-15-8-12(11)16-13(17-14)7-10(3)18-4/h9-10,15H,5-8H2,1-4H3. The molecular formula is C14H23N3O. The average Bonchev–Trinajstić information content (AvgIpc) is 2.37. The summed E-state index contributed by atoms with van der Waals surface area (Å²) in [7, 11) is 1.73. The van der Waals surface area contributed by atoms with E-state index in [1.165, 1.54) is 17.0 Å². The predicted octanol–water partition coefficient (Wildman–Crippen LogP) is 1.82. The highest BCUT2D eigenvalue weighted by Gasteiger charge is 2.19. The molecule has 100 valence electrons. The maximum atomic E-state index is 5.30. The topological polar surface area (TPSA) is 47.0 Å². The second kappa shape index (κ2) is 5.76. The lowest BCUT2D eigenvalue weighted by molar-refractivity contribution is 0.117. The molecule has 0 amide bonds. The second-order valence-electron chi connectivity index (χ2n) is 5.28. The number of hydrogen-bond acceptors (Lipinski definition) is 4. The zero-order chi connectivity index (χ0) is 13.1. The summed E-state index contributed by atoms with van der Waals surface area (Å²) in [6, 6.07) is 0. The normalized spacial score (nSPS) is 16.7. The number of methoxy groups -OCH3 is 1. The molecule has 4 heteroatoms. The molecule has 18 heavy (non-hydrogen) atoms. The summed E-state index contributed by atoms with van der Waals surface area (Å²) in [5, 5.41) is 3.38. The van der Waals surface area contributed by atoms with E-state index in [1.54, 1.807) is 7.11 Å². The molecule has 0 aromatic carbocycles. The summed E-state index contributed by atoms with van der Waals surface area (Å²) in [6.07, 6.45) is 1.99. The first-order chi connectivity index (χ1) is 8.61. The average molecular weight is 249 g/mol. The molecule has 1 N–H and O–H groups in total. The van der Waals surface area contributed by atoms with Crippen LogP contribution in [0.4, 0.5) is 0 Å². The van der Waals surface area contributed by atoms with Crippen LogP contribution in [0.5, 0.6) is 0 Å². The van der Waals surface area contributed by atoms with Gasteiger partial charge in [0.05, 0.1) is 17.5 Å². The van der Waals surface area contributed by atoms with Gasteiger partial charge in [0.25, 0.3) is 0 Å². The highest BCUT2D eigenvalue weighted by Crippen LogP contribution is 2.23. The van der Waals surface area contributed by atoms with E-state index in [-0.39, 0.29) is 6.10 Å². The molecule has 1 atom stereocenters. The van der Waals surface area contributed by atoms with E-state index in [2.05, 4.69) is 26.1 Å². The molecule has 1 aliphatic heterocycles. The van der Waals surface area contributed by atoms with Crippen LogP contribution in [0.3, 0.4) is 0 Å². The minimum Gasteiger partial charge on any atom is -0.381 e. The van der Waals surface area contributed by atoms with Crippen LogP contribution in [0.2, 0.25) is 0 Å². The lowest BCUT2D eigenvalue weighted by atomic mass is 9.97. The maximum absolute atomic E-state index is 5.30. The van der Waals surface area contributed by atoms with Crippen molar-refractivity contribution in [2.45, 2.75) is 52.2 Å². The summed E-state index contributed by atoms with van der Waals surface area (Å²) in [5.41, 5.74) is 3.76. The Morgan fingerprint density at radius 2 is 2.06 bits per heavy atom. The lowest BCUT2D eigenvalue weighted by Crippen LogP contribution is -2.28. The van der Waals surface area contributed by atoms with Gasteiger partial charge in [0, 0.05) is 20.1 Å². The Morgan fingerprint density at radius 3 is 2.72 bits per heavy atom. The Balaban J connectivity index is 2.35. The van der Waals surface area contributed by atoms with Crippen LogP contribution in [0, 0.1) is 0 Å². The van der Waals surface area contributed by atoms with Crippen molar-refractivity contribution in [3.63, 3.8) is 0 Å². The van der Waals surface area contributed by atoms with Gasteiger partial charge in [0.15, 0.2) is 0 Å². The van der Waals surface area contributed by atoms with Crippen LogP contribution < -0.4 is 5.32 Å². The van der Waals surface area contributed by atoms with Gasteiger partial charge in [-0.1, -0.05) is 13.8 Å². The summed E-state index contributed by atoms with van der Waals surface area (Å²) < 4.78 is 5.30. The Bertz CT molecular complexity index is 418. The third-order valence-corrected chi connectivity index (χ3v) is 3.43. The molecule has 1 aromatic heterocycles. The Labute approximate surface area is 109 Å². The second-order valence-corrected chi connectivity index (χ2v) is 5.28. The first kappa shape index (κ1) is 13.4. The molecule has 1 aromatic rings. The fourth-order valence-corrected chi connectivity index (χ4v) is 2.35. The van der Waals surface area contributed by atoms with Crippen LogP contribution >= 0.6 is 0 Å². The van der Waals surface area contributed by atoms with Crippen molar-refractivity contribution >= 4 is 0 Å². The quantitative estimate of drug-likeness (QED) is 0.884. The fraction of sp³-hybridized carbons (Fsp3) is 0.714. The molecular weight excluding hydrogens is 226 g/mol. The molecule has 0 aliphatic carbocycles. The highest BCUT2D eigenvalue weighted by atomic mass is 16.5. The van der Waals surface area contributed by atoms with E-state index in [9.17, 15) is 0 Å². The Morgan fingerprint density at radius 1 is 1.28 bits per heavy atom. The van der Waals surface area contributed by atoms with E-state index in [4.69, 9.17) is 14.7 Å². The van der Waals surface area contributed by atoms with Gasteiger partial charge in [-0.2, -0.15) is 0 Å². The van der Waals surface area contributed by atoms with Crippen LogP contribution in [-0.4, -0.2) is 29.7 Å². The van der Waals surface area contributed by atoms with Crippen molar-refractivity contribution in [1.29, 1.82) is 0 Å². The first-order valence-electron chi connectivity index (χ1n) is 6.74. The van der Waals surface area contributed by atoms with Gasteiger partial charge in [-0.15, -0.1) is 0 Å². The van der Waals surface area contributed by atoms with E-state index < -0.39 is 0 Å². The molecule has 0 fully saturated rings. The molecule has 2 heterocycles. The monoisotopic (exact) mass is 249 g/mol. The van der Waals surface area contributed by atoms with Crippen LogP contribution in [-0.2, 0) is 24.1 Å². The van der Waals surface area contributed by atoms with Gasteiger partial charge in [-0.3, -0.25) is 0 Å². The van der Waals surface area contributed by atoms with E-state index >= 15 is 0 Å². The highest BCUT2D eigenvalue weighted by molar-refractivity contribution is 5.30. The molecule has 0 saturated heterocycles. The van der Waals surface area contributed by atoms with Crippen molar-refractivity contribution in [1.82, 2.24) is 15.3 Å². The van der Waals surface area contributed by atoms with E-state index in [1.807, 2.05) is 0 Å². The predicted molar refractivity (Wildman–Crippen MR) is 71.7 cm³/mol. The van der Waals surface area contributed by atoms with Crippen molar-refractivity contribution in [2.75, 3.05) is 13.7 Å². The van der Waals surface area contributed by atoms with E-state index in [0.29, 0.717) is 5.92 Å². The third-order valence-electron chi connectivity index (χ3n) is 3.43. The number of aromatic nitrogens is 2. The van der Waals surface area contributed by atoms with Crippen molar-refractivity contribution < 1.29 is 4.74 Å². The van der Waals surface area contributed by atoms with Crippen molar-refractivity contribution in [3.8, 4) is 0 Å². The maximum Gasteiger partial charge on any atom is 0.131 e. The first-order valence-corrected chi connectivity index (χ1v) is 6.74. The molecule has 0 radical (unpaired) electrons. The molecule has 4 nitrogen and oxygen atoms in total. The number of hydrogen-bond donors (Lipinski definition) is 1. The smallest absolute Gasteiger partial charge is 0.131 e. The molecule has 0 saturated carbocycles. The summed E-state index contributed by atoms with van der Waals surface area (Å²) >= 11 is 0. The van der Waals surface area contributed by atoms with Gasteiger partial charge < -0.3 is 10.1 Å². The van der Waals surface area contributed by atoms with Gasteiger partial charge in [-0.05, 0) is 31.4 Å². The van der Waals surface area contributed by atoms with Crippen molar-refractivity contribution in [2.24, 2.45) is 0 Å². The molecule has 0 bridgehead atoms. The number of fused-ring (bicyclic) bond motifs is 1. The summed E-state index contributed by atoms with van der Waals surface area (Å²) in [6.45, 7) is 8.36. The fourth-order valence-electron chi connectivity index (χ4n) is 2.35. The third kappa shape index (κ3) is 2.87. The Kier molecular flexibility index (Phi) is 4.30.